The van der Waals surface area contributed by atoms with E-state index < -0.39 is 0 Å². The summed E-state index contributed by atoms with van der Waals surface area (Å²) in [5.41, 5.74) is 4.09. The lowest BCUT2D eigenvalue weighted by atomic mass is 9.95. The minimum atomic E-state index is 0.365. The summed E-state index contributed by atoms with van der Waals surface area (Å²) in [7, 11) is 0. The van der Waals surface area contributed by atoms with Gasteiger partial charge in [-0.2, -0.15) is 0 Å². The Labute approximate surface area is 127 Å². The smallest absolute Gasteiger partial charge is 0.122 e. The lowest BCUT2D eigenvalue weighted by molar-refractivity contribution is 0.288. The third-order valence-corrected chi connectivity index (χ3v) is 4.07. The molecule has 1 atom stereocenters. The van der Waals surface area contributed by atoms with Gasteiger partial charge in [-0.1, -0.05) is 49.4 Å². The number of benzene rings is 2. The van der Waals surface area contributed by atoms with E-state index in [1.165, 1.54) is 16.7 Å². The van der Waals surface area contributed by atoms with Crippen molar-refractivity contribution in [2.75, 3.05) is 13.2 Å². The van der Waals surface area contributed by atoms with E-state index in [0.29, 0.717) is 6.04 Å². The van der Waals surface area contributed by atoms with Gasteiger partial charge in [-0.3, -0.25) is 0 Å². The SMILES string of the molecule is CCNC(Cc1ccccc1)c1ccc2c(c1)CCCO2. The Hall–Kier alpha value is -1.80. The quantitative estimate of drug-likeness (QED) is 0.897. The molecule has 1 N–H and O–H groups in total. The molecular weight excluding hydrogens is 258 g/mol. The summed E-state index contributed by atoms with van der Waals surface area (Å²) in [5, 5.41) is 3.61. The van der Waals surface area contributed by atoms with Crippen LogP contribution in [0.15, 0.2) is 48.5 Å². The van der Waals surface area contributed by atoms with E-state index in [-0.39, 0.29) is 0 Å². The zero-order valence-electron chi connectivity index (χ0n) is 12.6. The first-order valence-corrected chi connectivity index (χ1v) is 7.89. The molecule has 0 fully saturated rings. The molecule has 1 heterocycles. The van der Waals surface area contributed by atoms with Crippen LogP contribution >= 0.6 is 0 Å². The molecule has 2 heteroatoms. The molecule has 2 aromatic rings. The Morgan fingerprint density at radius 1 is 1.14 bits per heavy atom. The minimum absolute atomic E-state index is 0.365. The Morgan fingerprint density at radius 3 is 2.81 bits per heavy atom. The Kier molecular flexibility index (Phi) is 4.56. The summed E-state index contributed by atoms with van der Waals surface area (Å²) in [6, 6.07) is 17.7. The topological polar surface area (TPSA) is 21.3 Å². The molecular formula is C19H23NO. The highest BCUT2D eigenvalue weighted by Gasteiger charge is 2.15. The molecule has 0 amide bonds. The summed E-state index contributed by atoms with van der Waals surface area (Å²) < 4.78 is 5.72. The molecule has 1 unspecified atom stereocenters. The van der Waals surface area contributed by atoms with Crippen LogP contribution in [0.3, 0.4) is 0 Å². The average Bonchev–Trinajstić information content (AvgIpc) is 2.55. The number of rotatable bonds is 5. The van der Waals surface area contributed by atoms with E-state index in [2.05, 4.69) is 60.8 Å². The molecule has 3 rings (SSSR count). The first kappa shape index (κ1) is 14.2. The van der Waals surface area contributed by atoms with E-state index in [0.717, 1.165) is 38.2 Å². The van der Waals surface area contributed by atoms with Crippen molar-refractivity contribution in [3.05, 3.63) is 65.2 Å². The zero-order valence-corrected chi connectivity index (χ0v) is 12.6. The van der Waals surface area contributed by atoms with Crippen LogP contribution in [-0.4, -0.2) is 13.2 Å². The van der Waals surface area contributed by atoms with Gasteiger partial charge in [0.05, 0.1) is 6.61 Å². The molecule has 0 radical (unpaired) electrons. The maximum atomic E-state index is 5.72. The van der Waals surface area contributed by atoms with Crippen molar-refractivity contribution in [3.63, 3.8) is 0 Å². The molecule has 0 saturated heterocycles. The van der Waals surface area contributed by atoms with Crippen LogP contribution in [0.25, 0.3) is 0 Å². The summed E-state index contributed by atoms with van der Waals surface area (Å²) in [4.78, 5) is 0. The Balaban J connectivity index is 1.83. The normalized spacial score (nSPS) is 15.1. The summed E-state index contributed by atoms with van der Waals surface area (Å²) in [5.74, 6) is 1.07. The molecule has 0 bridgehead atoms. The van der Waals surface area contributed by atoms with Gasteiger partial charge in [-0.25, -0.2) is 0 Å². The van der Waals surface area contributed by atoms with Gasteiger partial charge in [-0.05, 0) is 48.6 Å². The van der Waals surface area contributed by atoms with Crippen LogP contribution in [0.4, 0.5) is 0 Å². The second-order valence-corrected chi connectivity index (χ2v) is 5.62. The van der Waals surface area contributed by atoms with Gasteiger partial charge in [-0.15, -0.1) is 0 Å². The number of hydrogen-bond acceptors (Lipinski definition) is 2. The molecule has 1 aliphatic rings. The summed E-state index contributed by atoms with van der Waals surface area (Å²) in [6.45, 7) is 4.00. The number of fused-ring (bicyclic) bond motifs is 1. The predicted molar refractivity (Wildman–Crippen MR) is 86.8 cm³/mol. The highest BCUT2D eigenvalue weighted by Crippen LogP contribution is 2.29. The largest absolute Gasteiger partial charge is 0.493 e. The second-order valence-electron chi connectivity index (χ2n) is 5.62. The van der Waals surface area contributed by atoms with Gasteiger partial charge in [0, 0.05) is 6.04 Å². The van der Waals surface area contributed by atoms with Crippen LogP contribution in [0, 0.1) is 0 Å². The van der Waals surface area contributed by atoms with Crippen molar-refractivity contribution in [3.8, 4) is 5.75 Å². The molecule has 2 nitrogen and oxygen atoms in total. The number of aryl methyl sites for hydroxylation is 1. The van der Waals surface area contributed by atoms with E-state index in [4.69, 9.17) is 4.74 Å². The van der Waals surface area contributed by atoms with Crippen LogP contribution < -0.4 is 10.1 Å². The molecule has 1 aliphatic heterocycles. The van der Waals surface area contributed by atoms with Crippen molar-refractivity contribution in [2.45, 2.75) is 32.2 Å². The van der Waals surface area contributed by atoms with Crippen molar-refractivity contribution < 1.29 is 4.74 Å². The third kappa shape index (κ3) is 3.45. The van der Waals surface area contributed by atoms with Crippen LogP contribution in [0.1, 0.15) is 36.1 Å². The van der Waals surface area contributed by atoms with Crippen molar-refractivity contribution in [2.24, 2.45) is 0 Å². The summed E-state index contributed by atoms with van der Waals surface area (Å²) in [6.07, 6.45) is 3.28. The average molecular weight is 281 g/mol. The molecule has 21 heavy (non-hydrogen) atoms. The molecule has 0 aliphatic carbocycles. The lowest BCUT2D eigenvalue weighted by Gasteiger charge is -2.22. The predicted octanol–water partition coefficient (Wildman–Crippen LogP) is 3.90. The van der Waals surface area contributed by atoms with Crippen molar-refractivity contribution in [1.82, 2.24) is 5.32 Å². The monoisotopic (exact) mass is 281 g/mol. The van der Waals surface area contributed by atoms with Crippen LogP contribution in [-0.2, 0) is 12.8 Å². The third-order valence-electron chi connectivity index (χ3n) is 4.07. The zero-order chi connectivity index (χ0) is 14.5. The van der Waals surface area contributed by atoms with Gasteiger partial charge in [0.1, 0.15) is 5.75 Å². The van der Waals surface area contributed by atoms with Gasteiger partial charge < -0.3 is 10.1 Å². The fourth-order valence-corrected chi connectivity index (χ4v) is 3.00. The van der Waals surface area contributed by atoms with Gasteiger partial charge >= 0.3 is 0 Å². The molecule has 0 aromatic heterocycles. The Bertz CT molecular complexity index is 579. The highest BCUT2D eigenvalue weighted by molar-refractivity contribution is 5.40. The highest BCUT2D eigenvalue weighted by atomic mass is 16.5. The van der Waals surface area contributed by atoms with Gasteiger partial charge in [0.25, 0.3) is 0 Å². The van der Waals surface area contributed by atoms with E-state index in [9.17, 15) is 0 Å². The fourth-order valence-electron chi connectivity index (χ4n) is 3.00. The van der Waals surface area contributed by atoms with E-state index in [1.54, 1.807) is 0 Å². The molecule has 0 saturated carbocycles. The number of hydrogen-bond donors (Lipinski definition) is 1. The molecule has 2 aromatic carbocycles. The number of likely N-dealkylation sites (N-methyl/N-ethyl adjacent to an activating group) is 1. The fraction of sp³-hybridized carbons (Fsp3) is 0.368. The maximum Gasteiger partial charge on any atom is 0.122 e. The lowest BCUT2D eigenvalue weighted by Crippen LogP contribution is -2.23. The first-order valence-electron chi connectivity index (χ1n) is 7.89. The summed E-state index contributed by atoms with van der Waals surface area (Å²) >= 11 is 0. The first-order chi connectivity index (χ1) is 10.4. The van der Waals surface area contributed by atoms with Gasteiger partial charge in [0.15, 0.2) is 0 Å². The number of nitrogens with one attached hydrogen (secondary N) is 1. The van der Waals surface area contributed by atoms with Crippen LogP contribution in [0.5, 0.6) is 5.75 Å². The molecule has 0 spiro atoms. The number of ether oxygens (including phenoxy) is 1. The van der Waals surface area contributed by atoms with Crippen LogP contribution in [0.2, 0.25) is 0 Å². The van der Waals surface area contributed by atoms with Crippen molar-refractivity contribution >= 4 is 0 Å². The van der Waals surface area contributed by atoms with E-state index in [1.807, 2.05) is 0 Å². The van der Waals surface area contributed by atoms with Gasteiger partial charge in [0.2, 0.25) is 0 Å². The second kappa shape index (κ2) is 6.77. The maximum absolute atomic E-state index is 5.72. The molecule has 110 valence electrons. The minimum Gasteiger partial charge on any atom is -0.493 e. The standard InChI is InChI=1S/C19H23NO/c1-2-20-18(13-15-7-4-3-5-8-15)16-10-11-19-17(14-16)9-6-12-21-19/h3-5,7-8,10-11,14,18,20H,2,6,9,12-13H2,1H3. The van der Waals surface area contributed by atoms with E-state index >= 15 is 0 Å². The van der Waals surface area contributed by atoms with Crippen molar-refractivity contribution in [1.29, 1.82) is 0 Å². The Morgan fingerprint density at radius 2 is 2.00 bits per heavy atom.